The molecule has 1 aromatic rings. The van der Waals surface area contributed by atoms with Crippen LogP contribution >= 0.6 is 0 Å². The van der Waals surface area contributed by atoms with Gasteiger partial charge in [-0.2, -0.15) is 0 Å². The number of benzene rings is 1. The van der Waals surface area contributed by atoms with E-state index in [1.807, 2.05) is 6.07 Å². The fourth-order valence-corrected chi connectivity index (χ4v) is 2.01. The molecule has 2 nitrogen and oxygen atoms in total. The van der Waals surface area contributed by atoms with E-state index in [1.165, 1.54) is 6.07 Å². The van der Waals surface area contributed by atoms with Crippen molar-refractivity contribution >= 4 is 0 Å². The predicted molar refractivity (Wildman–Crippen MR) is 78.0 cm³/mol. The molecular formula is C16H26FNO. The molecule has 1 atom stereocenters. The van der Waals surface area contributed by atoms with Gasteiger partial charge in [0.1, 0.15) is 5.82 Å². The van der Waals surface area contributed by atoms with Crippen molar-refractivity contribution in [3.05, 3.63) is 35.6 Å². The lowest BCUT2D eigenvalue weighted by Gasteiger charge is -2.18. The Balaban J connectivity index is 2.51. The monoisotopic (exact) mass is 267 g/mol. The third-order valence-electron chi connectivity index (χ3n) is 3.02. The van der Waals surface area contributed by atoms with Gasteiger partial charge in [0.05, 0.1) is 0 Å². The summed E-state index contributed by atoms with van der Waals surface area (Å²) >= 11 is 0. The molecule has 1 unspecified atom stereocenters. The Labute approximate surface area is 116 Å². The first-order chi connectivity index (χ1) is 9.13. The summed E-state index contributed by atoms with van der Waals surface area (Å²) in [4.78, 5) is 0. The van der Waals surface area contributed by atoms with Gasteiger partial charge >= 0.3 is 0 Å². The Morgan fingerprint density at radius 2 is 2.11 bits per heavy atom. The number of rotatable bonds is 9. The van der Waals surface area contributed by atoms with Crippen molar-refractivity contribution in [2.45, 2.75) is 33.1 Å². The van der Waals surface area contributed by atoms with Gasteiger partial charge in [0.25, 0.3) is 0 Å². The zero-order valence-electron chi connectivity index (χ0n) is 12.3. The van der Waals surface area contributed by atoms with Gasteiger partial charge in [0, 0.05) is 19.8 Å². The summed E-state index contributed by atoms with van der Waals surface area (Å²) in [6.07, 6.45) is 0.920. The number of hydrogen-bond donors (Lipinski definition) is 1. The van der Waals surface area contributed by atoms with Crippen LogP contribution in [0.1, 0.15) is 38.7 Å². The third kappa shape index (κ3) is 6.69. The Morgan fingerprint density at radius 1 is 1.32 bits per heavy atom. The zero-order chi connectivity index (χ0) is 14.1. The lowest BCUT2D eigenvalue weighted by molar-refractivity contribution is 0.103. The molecule has 0 aromatic heterocycles. The molecule has 0 saturated carbocycles. The Morgan fingerprint density at radius 3 is 2.74 bits per heavy atom. The standard InChI is InChI=1S/C16H26FNO/c1-4-18-11-15(8-9-19-12-13(2)3)14-6-5-7-16(17)10-14/h5-7,10,13,15,18H,4,8-9,11-12H2,1-3H3. The highest BCUT2D eigenvalue weighted by Gasteiger charge is 2.12. The molecule has 19 heavy (non-hydrogen) atoms. The maximum atomic E-state index is 13.3. The molecule has 1 aromatic carbocycles. The van der Waals surface area contributed by atoms with Crippen LogP contribution in [-0.4, -0.2) is 26.3 Å². The van der Waals surface area contributed by atoms with Gasteiger partial charge < -0.3 is 10.1 Å². The van der Waals surface area contributed by atoms with Crippen molar-refractivity contribution in [3.63, 3.8) is 0 Å². The minimum absolute atomic E-state index is 0.165. The number of ether oxygens (including phenoxy) is 1. The molecule has 0 heterocycles. The topological polar surface area (TPSA) is 21.3 Å². The average Bonchev–Trinajstić information content (AvgIpc) is 2.37. The predicted octanol–water partition coefficient (Wildman–Crippen LogP) is 3.58. The normalized spacial score (nSPS) is 12.9. The summed E-state index contributed by atoms with van der Waals surface area (Å²) in [6, 6.07) is 6.89. The molecule has 0 radical (unpaired) electrons. The van der Waals surface area contributed by atoms with E-state index in [2.05, 4.69) is 26.1 Å². The van der Waals surface area contributed by atoms with Crippen LogP contribution in [0.25, 0.3) is 0 Å². The number of hydrogen-bond acceptors (Lipinski definition) is 2. The van der Waals surface area contributed by atoms with Crippen LogP contribution in [-0.2, 0) is 4.74 Å². The lowest BCUT2D eigenvalue weighted by Crippen LogP contribution is -2.22. The molecule has 0 spiro atoms. The first kappa shape index (κ1) is 16.1. The van der Waals surface area contributed by atoms with Crippen LogP contribution in [0, 0.1) is 11.7 Å². The summed E-state index contributed by atoms with van der Waals surface area (Å²) in [7, 11) is 0. The first-order valence-corrected chi connectivity index (χ1v) is 7.17. The smallest absolute Gasteiger partial charge is 0.123 e. The van der Waals surface area contributed by atoms with Crippen molar-refractivity contribution in [1.82, 2.24) is 5.32 Å². The van der Waals surface area contributed by atoms with Crippen LogP contribution in [0.15, 0.2) is 24.3 Å². The molecule has 0 aliphatic rings. The summed E-state index contributed by atoms with van der Waals surface area (Å²) in [5.74, 6) is 0.700. The Hall–Kier alpha value is -0.930. The van der Waals surface area contributed by atoms with Crippen LogP contribution < -0.4 is 5.32 Å². The minimum atomic E-state index is -0.165. The van der Waals surface area contributed by atoms with Gasteiger partial charge in [0.2, 0.25) is 0 Å². The van der Waals surface area contributed by atoms with E-state index in [1.54, 1.807) is 12.1 Å². The van der Waals surface area contributed by atoms with Crippen molar-refractivity contribution in [2.75, 3.05) is 26.3 Å². The van der Waals surface area contributed by atoms with E-state index in [9.17, 15) is 4.39 Å². The minimum Gasteiger partial charge on any atom is -0.381 e. The van der Waals surface area contributed by atoms with Gasteiger partial charge in [-0.25, -0.2) is 4.39 Å². The second-order valence-electron chi connectivity index (χ2n) is 5.32. The lowest BCUT2D eigenvalue weighted by atomic mass is 9.96. The summed E-state index contributed by atoms with van der Waals surface area (Å²) in [6.45, 7) is 9.68. The highest BCUT2D eigenvalue weighted by molar-refractivity contribution is 5.21. The van der Waals surface area contributed by atoms with Gasteiger partial charge in [0.15, 0.2) is 0 Å². The molecular weight excluding hydrogens is 241 g/mol. The fraction of sp³-hybridized carbons (Fsp3) is 0.625. The molecule has 0 aliphatic heterocycles. The summed E-state index contributed by atoms with van der Waals surface area (Å²) in [5.41, 5.74) is 1.05. The van der Waals surface area contributed by atoms with E-state index >= 15 is 0 Å². The van der Waals surface area contributed by atoms with Gasteiger partial charge in [-0.05, 0) is 42.5 Å². The molecule has 0 fully saturated rings. The molecule has 1 rings (SSSR count). The molecule has 1 N–H and O–H groups in total. The number of halogens is 1. The van der Waals surface area contributed by atoms with E-state index < -0.39 is 0 Å². The highest BCUT2D eigenvalue weighted by Crippen LogP contribution is 2.20. The average molecular weight is 267 g/mol. The molecule has 0 saturated heterocycles. The summed E-state index contributed by atoms with van der Waals surface area (Å²) < 4.78 is 18.9. The van der Waals surface area contributed by atoms with E-state index in [-0.39, 0.29) is 5.82 Å². The summed E-state index contributed by atoms with van der Waals surface area (Å²) in [5, 5.41) is 3.34. The number of nitrogens with one attached hydrogen (secondary N) is 1. The maximum Gasteiger partial charge on any atom is 0.123 e. The zero-order valence-corrected chi connectivity index (χ0v) is 12.3. The van der Waals surface area contributed by atoms with Crippen LogP contribution in [0.3, 0.4) is 0 Å². The van der Waals surface area contributed by atoms with E-state index in [0.717, 1.165) is 38.3 Å². The first-order valence-electron chi connectivity index (χ1n) is 7.17. The third-order valence-corrected chi connectivity index (χ3v) is 3.02. The van der Waals surface area contributed by atoms with Crippen molar-refractivity contribution in [2.24, 2.45) is 5.92 Å². The highest BCUT2D eigenvalue weighted by atomic mass is 19.1. The number of likely N-dealkylation sites (N-methyl/N-ethyl adjacent to an activating group) is 1. The van der Waals surface area contributed by atoms with Crippen LogP contribution in [0.2, 0.25) is 0 Å². The quantitative estimate of drug-likeness (QED) is 0.690. The maximum absolute atomic E-state index is 13.3. The van der Waals surface area contributed by atoms with Gasteiger partial charge in [-0.3, -0.25) is 0 Å². The van der Waals surface area contributed by atoms with Crippen molar-refractivity contribution in [3.8, 4) is 0 Å². The second kappa shape index (κ2) is 9.05. The van der Waals surface area contributed by atoms with Crippen molar-refractivity contribution in [1.29, 1.82) is 0 Å². The Bertz CT molecular complexity index is 354. The molecule has 0 bridgehead atoms. The molecule has 0 amide bonds. The molecule has 108 valence electrons. The SMILES string of the molecule is CCNCC(CCOCC(C)C)c1cccc(F)c1. The Kier molecular flexibility index (Phi) is 7.68. The van der Waals surface area contributed by atoms with Crippen LogP contribution in [0.4, 0.5) is 4.39 Å². The van der Waals surface area contributed by atoms with E-state index in [0.29, 0.717) is 11.8 Å². The van der Waals surface area contributed by atoms with Crippen molar-refractivity contribution < 1.29 is 9.13 Å². The van der Waals surface area contributed by atoms with Crippen LogP contribution in [0.5, 0.6) is 0 Å². The second-order valence-corrected chi connectivity index (χ2v) is 5.32. The largest absolute Gasteiger partial charge is 0.381 e. The molecule has 3 heteroatoms. The van der Waals surface area contributed by atoms with E-state index in [4.69, 9.17) is 4.74 Å². The van der Waals surface area contributed by atoms with Gasteiger partial charge in [-0.1, -0.05) is 32.9 Å². The van der Waals surface area contributed by atoms with Gasteiger partial charge in [-0.15, -0.1) is 0 Å². The fourth-order valence-electron chi connectivity index (χ4n) is 2.01. The molecule has 0 aliphatic carbocycles.